The number of H-pyrrole nitrogens is 1. The molecule has 0 fully saturated rings. The molecule has 25 heavy (non-hydrogen) atoms. The molecule has 0 amide bonds. The molecule has 0 aliphatic carbocycles. The molecule has 3 N–H and O–H groups in total. The summed E-state index contributed by atoms with van der Waals surface area (Å²) in [6.45, 7) is 3.08. The van der Waals surface area contributed by atoms with E-state index in [9.17, 15) is 23.4 Å². The van der Waals surface area contributed by atoms with Crippen LogP contribution in [0.15, 0.2) is 22.1 Å². The zero-order valence-corrected chi connectivity index (χ0v) is 14.7. The van der Waals surface area contributed by atoms with Crippen molar-refractivity contribution < 1.29 is 18.6 Å². The average molecular weight is 365 g/mol. The van der Waals surface area contributed by atoms with Crippen molar-refractivity contribution in [1.29, 1.82) is 0 Å². The Morgan fingerprint density at radius 2 is 2.04 bits per heavy atom. The minimum Gasteiger partial charge on any atom is -0.508 e. The van der Waals surface area contributed by atoms with Gasteiger partial charge in [-0.1, -0.05) is 0 Å². The van der Waals surface area contributed by atoms with E-state index in [-0.39, 0.29) is 16.7 Å². The van der Waals surface area contributed by atoms with Gasteiger partial charge in [0.2, 0.25) is 15.0 Å². The summed E-state index contributed by atoms with van der Waals surface area (Å²) in [6, 6.07) is 2.85. The van der Waals surface area contributed by atoms with E-state index in [4.69, 9.17) is 0 Å². The molecular formula is C16H19N3O5S. The Balaban J connectivity index is 1.89. The molecule has 134 valence electrons. The maximum absolute atomic E-state index is 12.2. The zero-order chi connectivity index (χ0) is 18.4. The lowest BCUT2D eigenvalue weighted by Crippen LogP contribution is -2.36. The van der Waals surface area contributed by atoms with E-state index in [0.29, 0.717) is 42.9 Å². The lowest BCUT2D eigenvalue weighted by atomic mass is 10.0. The number of aryl methyl sites for hydroxylation is 1. The number of hydrogen-bond acceptors (Lipinski definition) is 7. The lowest BCUT2D eigenvalue weighted by molar-refractivity contribution is 0.237. The second-order valence-electron chi connectivity index (χ2n) is 6.29. The number of phenols is 2. The molecule has 1 aromatic heterocycles. The third-order valence-electron chi connectivity index (χ3n) is 4.29. The van der Waals surface area contributed by atoms with Gasteiger partial charge in [0, 0.05) is 43.9 Å². The molecule has 1 aliphatic heterocycles. The van der Waals surface area contributed by atoms with Crippen LogP contribution in [0.4, 0.5) is 0 Å². The first-order valence-electron chi connectivity index (χ1n) is 7.71. The van der Waals surface area contributed by atoms with Crippen LogP contribution in [-0.4, -0.2) is 46.3 Å². The Hall–Kier alpha value is -2.39. The van der Waals surface area contributed by atoms with Crippen LogP contribution in [0.25, 0.3) is 0 Å². The van der Waals surface area contributed by atoms with Gasteiger partial charge in [-0.25, -0.2) is 13.4 Å². The standard InChI is InChI=1S/C16H19N3O5S/c1-9-5-10(20)6-14(21)11(9)7-19-4-3-13-12(8-19)15(22)18-16(17-13)25(2,23)24/h5-6,20-21H,3-4,7-8H2,1-2H3,(H,17,18,22). The highest BCUT2D eigenvalue weighted by atomic mass is 32.2. The van der Waals surface area contributed by atoms with E-state index in [1.807, 2.05) is 4.90 Å². The van der Waals surface area contributed by atoms with Crippen LogP contribution in [0.3, 0.4) is 0 Å². The van der Waals surface area contributed by atoms with E-state index in [0.717, 1.165) is 11.8 Å². The number of sulfone groups is 1. The molecule has 1 aliphatic rings. The summed E-state index contributed by atoms with van der Waals surface area (Å²) in [6.07, 6.45) is 1.45. The van der Waals surface area contributed by atoms with Gasteiger partial charge in [0.05, 0.1) is 11.3 Å². The number of nitrogens with zero attached hydrogens (tertiary/aromatic N) is 2. The maximum Gasteiger partial charge on any atom is 0.256 e. The minimum absolute atomic E-state index is 0.00255. The van der Waals surface area contributed by atoms with Crippen LogP contribution in [0.5, 0.6) is 11.5 Å². The van der Waals surface area contributed by atoms with Crippen molar-refractivity contribution >= 4 is 9.84 Å². The SMILES string of the molecule is Cc1cc(O)cc(O)c1CN1CCc2nc(S(C)(=O)=O)[nH]c(=O)c2C1. The van der Waals surface area contributed by atoms with Gasteiger partial charge in [0.1, 0.15) is 11.5 Å². The van der Waals surface area contributed by atoms with Crippen molar-refractivity contribution in [2.24, 2.45) is 0 Å². The molecule has 3 rings (SSSR count). The van der Waals surface area contributed by atoms with Gasteiger partial charge in [0.25, 0.3) is 5.56 Å². The molecule has 0 radical (unpaired) electrons. The highest BCUT2D eigenvalue weighted by Crippen LogP contribution is 2.29. The summed E-state index contributed by atoms with van der Waals surface area (Å²) >= 11 is 0. The molecular weight excluding hydrogens is 346 g/mol. The largest absolute Gasteiger partial charge is 0.508 e. The third-order valence-corrected chi connectivity index (χ3v) is 5.19. The summed E-state index contributed by atoms with van der Waals surface area (Å²) in [5, 5.41) is 19.2. The van der Waals surface area contributed by atoms with Gasteiger partial charge in [-0.2, -0.15) is 0 Å². The second kappa shape index (κ2) is 6.16. The molecule has 2 heterocycles. The zero-order valence-electron chi connectivity index (χ0n) is 13.9. The molecule has 0 saturated carbocycles. The number of hydrogen-bond donors (Lipinski definition) is 3. The molecule has 0 saturated heterocycles. The topological polar surface area (TPSA) is 124 Å². The van der Waals surface area contributed by atoms with E-state index in [2.05, 4.69) is 9.97 Å². The number of aromatic nitrogens is 2. The molecule has 0 bridgehead atoms. The lowest BCUT2D eigenvalue weighted by Gasteiger charge is -2.28. The van der Waals surface area contributed by atoms with Crippen molar-refractivity contribution in [3.8, 4) is 11.5 Å². The Morgan fingerprint density at radius 1 is 1.32 bits per heavy atom. The van der Waals surface area contributed by atoms with Crippen LogP contribution in [0, 0.1) is 6.92 Å². The summed E-state index contributed by atoms with van der Waals surface area (Å²) in [5.74, 6) is -0.000515. The second-order valence-corrected chi connectivity index (χ2v) is 8.22. The van der Waals surface area contributed by atoms with E-state index in [1.165, 1.54) is 6.07 Å². The van der Waals surface area contributed by atoms with Gasteiger partial charge >= 0.3 is 0 Å². The highest BCUT2D eigenvalue weighted by molar-refractivity contribution is 7.90. The van der Waals surface area contributed by atoms with Crippen molar-refractivity contribution in [2.45, 2.75) is 31.6 Å². The van der Waals surface area contributed by atoms with Crippen LogP contribution >= 0.6 is 0 Å². The molecule has 9 heteroatoms. The number of phenolic OH excluding ortho intramolecular Hbond substituents is 2. The third kappa shape index (κ3) is 3.52. The fraction of sp³-hybridized carbons (Fsp3) is 0.375. The number of rotatable bonds is 3. The normalized spacial score (nSPS) is 15.1. The van der Waals surface area contributed by atoms with Crippen molar-refractivity contribution in [1.82, 2.24) is 14.9 Å². The first-order valence-corrected chi connectivity index (χ1v) is 9.60. The van der Waals surface area contributed by atoms with Gasteiger partial charge in [-0.3, -0.25) is 14.7 Å². The van der Waals surface area contributed by atoms with Crippen molar-refractivity contribution in [3.05, 3.63) is 44.9 Å². The molecule has 0 atom stereocenters. The van der Waals surface area contributed by atoms with Crippen LogP contribution in [0.1, 0.15) is 22.4 Å². The number of fused-ring (bicyclic) bond motifs is 1. The minimum atomic E-state index is -3.57. The van der Waals surface area contributed by atoms with Crippen molar-refractivity contribution in [3.63, 3.8) is 0 Å². The number of aromatic amines is 1. The fourth-order valence-electron chi connectivity index (χ4n) is 2.98. The molecule has 2 aromatic rings. The molecule has 1 aromatic carbocycles. The van der Waals surface area contributed by atoms with Crippen LogP contribution < -0.4 is 5.56 Å². The average Bonchev–Trinajstić information content (AvgIpc) is 2.50. The summed E-state index contributed by atoms with van der Waals surface area (Å²) in [7, 11) is -3.57. The van der Waals surface area contributed by atoms with E-state index in [1.54, 1.807) is 13.0 Å². The number of aromatic hydroxyl groups is 2. The molecule has 8 nitrogen and oxygen atoms in total. The quantitative estimate of drug-likeness (QED) is 0.675. The summed E-state index contributed by atoms with van der Waals surface area (Å²) in [5.41, 5.74) is 1.91. The Labute approximate surface area is 144 Å². The summed E-state index contributed by atoms with van der Waals surface area (Å²) in [4.78, 5) is 20.6. The first kappa shape index (κ1) is 17.4. The molecule has 0 unspecified atom stereocenters. The number of benzene rings is 1. The highest BCUT2D eigenvalue weighted by Gasteiger charge is 2.24. The van der Waals surface area contributed by atoms with Crippen molar-refractivity contribution in [2.75, 3.05) is 12.8 Å². The summed E-state index contributed by atoms with van der Waals surface area (Å²) < 4.78 is 23.2. The van der Waals surface area contributed by atoms with E-state index >= 15 is 0 Å². The Kier molecular flexibility index (Phi) is 4.29. The first-order chi connectivity index (χ1) is 11.6. The van der Waals surface area contributed by atoms with Gasteiger partial charge in [-0.15, -0.1) is 0 Å². The van der Waals surface area contributed by atoms with Crippen LogP contribution in [0.2, 0.25) is 0 Å². The Bertz CT molecular complexity index is 974. The molecule has 0 spiro atoms. The smallest absolute Gasteiger partial charge is 0.256 e. The maximum atomic E-state index is 12.2. The van der Waals surface area contributed by atoms with Gasteiger partial charge < -0.3 is 10.2 Å². The van der Waals surface area contributed by atoms with Crippen LogP contribution in [-0.2, 0) is 29.3 Å². The Morgan fingerprint density at radius 3 is 2.68 bits per heavy atom. The van der Waals surface area contributed by atoms with Gasteiger partial charge in [-0.05, 0) is 18.6 Å². The predicted molar refractivity (Wildman–Crippen MR) is 90.3 cm³/mol. The monoisotopic (exact) mass is 365 g/mol. The fourth-order valence-corrected chi connectivity index (χ4v) is 3.53. The predicted octanol–water partition coefficient (Wildman–Crippen LogP) is 0.451. The van der Waals surface area contributed by atoms with E-state index < -0.39 is 15.4 Å². The number of nitrogens with one attached hydrogen (secondary N) is 1. The van der Waals surface area contributed by atoms with Gasteiger partial charge in [0.15, 0.2) is 0 Å².